The van der Waals surface area contributed by atoms with Crippen LogP contribution in [-0.4, -0.2) is 42.8 Å². The van der Waals surface area contributed by atoms with E-state index in [2.05, 4.69) is 64.4 Å². The number of anilines is 1. The summed E-state index contributed by atoms with van der Waals surface area (Å²) in [5.74, 6) is 0.798. The second kappa shape index (κ2) is 7.73. The van der Waals surface area contributed by atoms with Gasteiger partial charge in [0.25, 0.3) is 0 Å². The van der Waals surface area contributed by atoms with Crippen LogP contribution in [-0.2, 0) is 16.7 Å². The number of benzene rings is 1. The van der Waals surface area contributed by atoms with Crippen LogP contribution in [0.2, 0.25) is 0 Å². The Morgan fingerprint density at radius 1 is 1.08 bits per heavy atom. The van der Waals surface area contributed by atoms with Crippen molar-refractivity contribution in [1.82, 2.24) is 15.3 Å². The zero-order valence-corrected chi connectivity index (χ0v) is 14.5. The van der Waals surface area contributed by atoms with Crippen molar-refractivity contribution in [3.05, 3.63) is 53.9 Å². The zero-order valence-electron chi connectivity index (χ0n) is 14.5. The van der Waals surface area contributed by atoms with Gasteiger partial charge in [-0.05, 0) is 5.56 Å². The summed E-state index contributed by atoms with van der Waals surface area (Å²) in [6.45, 7) is 9.43. The lowest BCUT2D eigenvalue weighted by molar-refractivity contribution is 0.122. The van der Waals surface area contributed by atoms with E-state index in [1.807, 2.05) is 12.4 Å². The Labute approximate surface area is 144 Å². The van der Waals surface area contributed by atoms with E-state index in [0.29, 0.717) is 0 Å². The third-order valence-electron chi connectivity index (χ3n) is 4.44. The van der Waals surface area contributed by atoms with Gasteiger partial charge in [-0.2, -0.15) is 0 Å². The van der Waals surface area contributed by atoms with Crippen molar-refractivity contribution in [3.8, 4) is 0 Å². The lowest BCUT2D eigenvalue weighted by atomic mass is 9.84. The predicted molar refractivity (Wildman–Crippen MR) is 96.2 cm³/mol. The Hall–Kier alpha value is -1.98. The highest BCUT2D eigenvalue weighted by molar-refractivity contribution is 5.30. The number of aromatic nitrogens is 2. The van der Waals surface area contributed by atoms with Crippen LogP contribution in [0.25, 0.3) is 0 Å². The molecule has 1 aliphatic heterocycles. The largest absolute Gasteiger partial charge is 0.378 e. The monoisotopic (exact) mass is 326 g/mol. The van der Waals surface area contributed by atoms with Gasteiger partial charge < -0.3 is 15.0 Å². The molecule has 1 fully saturated rings. The van der Waals surface area contributed by atoms with Crippen molar-refractivity contribution in [1.29, 1.82) is 0 Å². The molecule has 5 heteroatoms. The first-order valence-electron chi connectivity index (χ1n) is 8.55. The van der Waals surface area contributed by atoms with E-state index in [9.17, 15) is 0 Å². The summed E-state index contributed by atoms with van der Waals surface area (Å²) in [6, 6.07) is 10.6. The minimum absolute atomic E-state index is 0.0931. The van der Waals surface area contributed by atoms with E-state index in [1.165, 1.54) is 5.56 Å². The van der Waals surface area contributed by atoms with Crippen molar-refractivity contribution in [3.63, 3.8) is 0 Å². The van der Waals surface area contributed by atoms with Gasteiger partial charge in [-0.15, -0.1) is 0 Å². The third-order valence-corrected chi connectivity index (χ3v) is 4.44. The standard InChI is InChI=1S/C19H26N4O/c1-19(2,17-6-4-3-5-7-17)15-20-12-16-13-21-18(22-14-16)23-8-10-24-11-9-23/h3-7,13-14,20H,8-12,15H2,1-2H3. The van der Waals surface area contributed by atoms with Gasteiger partial charge in [-0.1, -0.05) is 44.2 Å². The predicted octanol–water partition coefficient (Wildman–Crippen LogP) is 2.38. The maximum absolute atomic E-state index is 5.36. The van der Waals surface area contributed by atoms with Crippen LogP contribution < -0.4 is 10.2 Å². The molecule has 2 aromatic rings. The quantitative estimate of drug-likeness (QED) is 0.883. The Kier molecular flexibility index (Phi) is 5.43. The van der Waals surface area contributed by atoms with Gasteiger partial charge in [0, 0.05) is 49.6 Å². The fourth-order valence-electron chi connectivity index (χ4n) is 2.88. The van der Waals surface area contributed by atoms with Crippen LogP contribution in [0.4, 0.5) is 5.95 Å². The van der Waals surface area contributed by atoms with Crippen LogP contribution in [0, 0.1) is 0 Å². The van der Waals surface area contributed by atoms with Crippen molar-refractivity contribution in [2.75, 3.05) is 37.7 Å². The van der Waals surface area contributed by atoms with E-state index in [-0.39, 0.29) is 5.41 Å². The molecule has 1 N–H and O–H groups in total. The van der Waals surface area contributed by atoms with Crippen LogP contribution >= 0.6 is 0 Å². The van der Waals surface area contributed by atoms with Crippen LogP contribution in [0.15, 0.2) is 42.7 Å². The molecule has 0 amide bonds. The molecule has 0 bridgehead atoms. The molecule has 1 aromatic heterocycles. The van der Waals surface area contributed by atoms with Gasteiger partial charge in [0.15, 0.2) is 0 Å². The van der Waals surface area contributed by atoms with Crippen LogP contribution in [0.1, 0.15) is 25.0 Å². The van der Waals surface area contributed by atoms with E-state index in [1.54, 1.807) is 0 Å². The highest BCUT2D eigenvalue weighted by atomic mass is 16.5. The van der Waals surface area contributed by atoms with Crippen molar-refractivity contribution >= 4 is 5.95 Å². The molecule has 24 heavy (non-hydrogen) atoms. The molecule has 0 atom stereocenters. The van der Waals surface area contributed by atoms with Gasteiger partial charge in [-0.25, -0.2) is 9.97 Å². The third kappa shape index (κ3) is 4.30. The van der Waals surface area contributed by atoms with Gasteiger partial charge in [-0.3, -0.25) is 0 Å². The first-order chi connectivity index (χ1) is 11.6. The number of hydrogen-bond acceptors (Lipinski definition) is 5. The average molecular weight is 326 g/mol. The normalized spacial score (nSPS) is 15.5. The van der Waals surface area contributed by atoms with Crippen molar-refractivity contribution < 1.29 is 4.74 Å². The van der Waals surface area contributed by atoms with Gasteiger partial charge >= 0.3 is 0 Å². The summed E-state index contributed by atoms with van der Waals surface area (Å²) < 4.78 is 5.36. The number of ether oxygens (including phenoxy) is 1. The maximum atomic E-state index is 5.36. The molecule has 128 valence electrons. The van der Waals surface area contributed by atoms with E-state index in [4.69, 9.17) is 4.74 Å². The molecule has 0 radical (unpaired) electrons. The van der Waals surface area contributed by atoms with E-state index in [0.717, 1.165) is 50.9 Å². The lowest BCUT2D eigenvalue weighted by Crippen LogP contribution is -2.37. The number of morpholine rings is 1. The SMILES string of the molecule is CC(C)(CNCc1cnc(N2CCOCC2)nc1)c1ccccc1. The minimum Gasteiger partial charge on any atom is -0.378 e. The summed E-state index contributed by atoms with van der Waals surface area (Å²) >= 11 is 0. The number of nitrogens with one attached hydrogen (secondary N) is 1. The van der Waals surface area contributed by atoms with Crippen molar-refractivity contribution in [2.24, 2.45) is 0 Å². The van der Waals surface area contributed by atoms with Crippen LogP contribution in [0.3, 0.4) is 0 Å². The smallest absolute Gasteiger partial charge is 0.225 e. The molecular weight excluding hydrogens is 300 g/mol. The molecule has 0 aliphatic carbocycles. The van der Waals surface area contributed by atoms with Crippen LogP contribution in [0.5, 0.6) is 0 Å². The van der Waals surface area contributed by atoms with E-state index < -0.39 is 0 Å². The zero-order chi connectivity index (χ0) is 16.8. The molecule has 0 saturated carbocycles. The Balaban J connectivity index is 1.51. The highest BCUT2D eigenvalue weighted by Gasteiger charge is 2.19. The fraction of sp³-hybridized carbons (Fsp3) is 0.474. The Bertz CT molecular complexity index is 622. The number of nitrogens with zero attached hydrogens (tertiary/aromatic N) is 3. The summed E-state index contributed by atoms with van der Waals surface area (Å²) in [5.41, 5.74) is 2.54. The molecule has 5 nitrogen and oxygen atoms in total. The second-order valence-corrected chi connectivity index (χ2v) is 6.84. The average Bonchev–Trinajstić information content (AvgIpc) is 2.64. The molecule has 0 unspecified atom stereocenters. The number of rotatable bonds is 6. The Morgan fingerprint density at radius 3 is 2.42 bits per heavy atom. The van der Waals surface area contributed by atoms with E-state index >= 15 is 0 Å². The summed E-state index contributed by atoms with van der Waals surface area (Å²) in [5, 5.41) is 3.53. The number of hydrogen-bond donors (Lipinski definition) is 1. The van der Waals surface area contributed by atoms with Crippen molar-refractivity contribution in [2.45, 2.75) is 25.8 Å². The molecular formula is C19H26N4O. The molecule has 2 heterocycles. The highest BCUT2D eigenvalue weighted by Crippen LogP contribution is 2.21. The summed E-state index contributed by atoms with van der Waals surface area (Å²) in [7, 11) is 0. The summed E-state index contributed by atoms with van der Waals surface area (Å²) in [4.78, 5) is 11.2. The molecule has 1 aliphatic rings. The second-order valence-electron chi connectivity index (χ2n) is 6.84. The fourth-order valence-corrected chi connectivity index (χ4v) is 2.88. The Morgan fingerprint density at radius 2 is 1.75 bits per heavy atom. The summed E-state index contributed by atoms with van der Waals surface area (Å²) in [6.07, 6.45) is 3.83. The maximum Gasteiger partial charge on any atom is 0.225 e. The first-order valence-corrected chi connectivity index (χ1v) is 8.55. The molecule has 0 spiro atoms. The molecule has 3 rings (SSSR count). The lowest BCUT2D eigenvalue weighted by Gasteiger charge is -2.27. The van der Waals surface area contributed by atoms with Gasteiger partial charge in [0.2, 0.25) is 5.95 Å². The van der Waals surface area contributed by atoms with Gasteiger partial charge in [0.05, 0.1) is 13.2 Å². The minimum atomic E-state index is 0.0931. The van der Waals surface area contributed by atoms with Gasteiger partial charge in [0.1, 0.15) is 0 Å². The topological polar surface area (TPSA) is 50.3 Å². The first kappa shape index (κ1) is 16.9. The molecule has 1 aromatic carbocycles. The molecule has 1 saturated heterocycles.